The van der Waals surface area contributed by atoms with Crippen LogP contribution in [0.1, 0.15) is 44.0 Å². The second-order valence-electron chi connectivity index (χ2n) is 8.86. The van der Waals surface area contributed by atoms with Gasteiger partial charge in [0, 0.05) is 29.7 Å². The molecular formula is C25H27ClN6O. The molecule has 170 valence electrons. The Balaban J connectivity index is 1.46. The number of benzene rings is 2. The lowest BCUT2D eigenvalue weighted by Gasteiger charge is -2.38. The summed E-state index contributed by atoms with van der Waals surface area (Å²) in [6.45, 7) is 5.48. The first-order chi connectivity index (χ1) is 15.9. The van der Waals surface area contributed by atoms with Gasteiger partial charge in [0.2, 0.25) is 5.95 Å². The topological polar surface area (TPSA) is 90.0 Å². The van der Waals surface area contributed by atoms with Crippen LogP contribution in [0.3, 0.4) is 0 Å². The van der Waals surface area contributed by atoms with E-state index in [1.165, 1.54) is 0 Å². The first-order valence-electron chi connectivity index (χ1n) is 11.2. The number of hydrogen-bond acceptors (Lipinski definition) is 6. The van der Waals surface area contributed by atoms with Crippen molar-refractivity contribution in [2.24, 2.45) is 0 Å². The van der Waals surface area contributed by atoms with Gasteiger partial charge in [0.25, 0.3) is 0 Å². The van der Waals surface area contributed by atoms with Crippen LogP contribution in [-0.4, -0.2) is 38.1 Å². The summed E-state index contributed by atoms with van der Waals surface area (Å²) in [6.07, 6.45) is 1.21. The predicted octanol–water partition coefficient (Wildman–Crippen LogP) is 5.36. The molecule has 2 aromatic heterocycles. The molecular weight excluding hydrogens is 436 g/mol. The third kappa shape index (κ3) is 4.38. The summed E-state index contributed by atoms with van der Waals surface area (Å²) in [7, 11) is 0. The molecule has 0 radical (unpaired) electrons. The van der Waals surface area contributed by atoms with Crippen LogP contribution in [0.5, 0.6) is 0 Å². The van der Waals surface area contributed by atoms with Crippen LogP contribution in [0.2, 0.25) is 5.02 Å². The van der Waals surface area contributed by atoms with Gasteiger partial charge in [-0.1, -0.05) is 55.8 Å². The summed E-state index contributed by atoms with van der Waals surface area (Å²) in [6, 6.07) is 17.4. The summed E-state index contributed by atoms with van der Waals surface area (Å²) in [4.78, 5) is 19.8. The second-order valence-corrected chi connectivity index (χ2v) is 9.30. The van der Waals surface area contributed by atoms with E-state index in [1.54, 1.807) is 0 Å². The zero-order valence-corrected chi connectivity index (χ0v) is 19.5. The highest BCUT2D eigenvalue weighted by atomic mass is 35.5. The molecule has 8 heteroatoms. The number of H-pyrrole nitrogens is 1. The first-order valence-corrected chi connectivity index (χ1v) is 11.6. The number of aromatic nitrogens is 4. The fourth-order valence-corrected chi connectivity index (χ4v) is 4.32. The predicted molar refractivity (Wildman–Crippen MR) is 132 cm³/mol. The molecule has 0 aliphatic carbocycles. The molecule has 7 nitrogen and oxygen atoms in total. The number of hydrogen-bond donors (Lipinski definition) is 3. The minimum Gasteiger partial charge on any atom is -0.385 e. The molecule has 0 atom stereocenters. The number of anilines is 3. The molecule has 2 aromatic carbocycles. The fraction of sp³-hybridized carbons (Fsp3) is 0.320. The van der Waals surface area contributed by atoms with E-state index < -0.39 is 5.60 Å². The number of aromatic amines is 1. The monoisotopic (exact) mass is 462 g/mol. The third-order valence-corrected chi connectivity index (χ3v) is 6.45. The third-order valence-electron chi connectivity index (χ3n) is 6.20. The number of nitrogens with one attached hydrogen (secondary N) is 2. The van der Waals surface area contributed by atoms with E-state index in [0.717, 1.165) is 22.6 Å². The zero-order valence-electron chi connectivity index (χ0n) is 18.7. The number of piperidine rings is 1. The molecule has 1 aliphatic rings. The van der Waals surface area contributed by atoms with Crippen LogP contribution in [-0.2, 0) is 5.60 Å². The highest BCUT2D eigenvalue weighted by Crippen LogP contribution is 2.35. The molecule has 5 rings (SSSR count). The lowest BCUT2D eigenvalue weighted by molar-refractivity contribution is 0.0115. The van der Waals surface area contributed by atoms with Gasteiger partial charge in [-0.15, -0.1) is 0 Å². The highest BCUT2D eigenvalue weighted by molar-refractivity contribution is 6.30. The minimum absolute atomic E-state index is 0.238. The summed E-state index contributed by atoms with van der Waals surface area (Å²) in [5.74, 6) is 2.38. The van der Waals surface area contributed by atoms with Crippen molar-refractivity contribution in [2.45, 2.75) is 38.2 Å². The van der Waals surface area contributed by atoms with E-state index in [4.69, 9.17) is 26.6 Å². The minimum atomic E-state index is -0.830. The van der Waals surface area contributed by atoms with Gasteiger partial charge in [-0.25, -0.2) is 4.98 Å². The molecule has 0 amide bonds. The maximum absolute atomic E-state index is 11.2. The van der Waals surface area contributed by atoms with Crippen LogP contribution in [0.15, 0.2) is 54.6 Å². The van der Waals surface area contributed by atoms with Gasteiger partial charge in [-0.3, -0.25) is 0 Å². The van der Waals surface area contributed by atoms with Crippen molar-refractivity contribution in [3.8, 4) is 0 Å². The van der Waals surface area contributed by atoms with Gasteiger partial charge in [0.15, 0.2) is 11.5 Å². The second kappa shape index (κ2) is 8.65. The molecule has 1 fully saturated rings. The Morgan fingerprint density at radius 3 is 2.36 bits per heavy atom. The number of rotatable bonds is 5. The van der Waals surface area contributed by atoms with Crippen LogP contribution in [0, 0.1) is 0 Å². The van der Waals surface area contributed by atoms with Crippen molar-refractivity contribution in [1.82, 2.24) is 19.9 Å². The van der Waals surface area contributed by atoms with Gasteiger partial charge in [0.1, 0.15) is 11.3 Å². The molecule has 3 heterocycles. The quantitative estimate of drug-likeness (QED) is 0.370. The lowest BCUT2D eigenvalue weighted by Crippen LogP contribution is -2.43. The molecule has 0 saturated carbocycles. The van der Waals surface area contributed by atoms with Crippen LogP contribution in [0.4, 0.5) is 17.5 Å². The normalized spacial score (nSPS) is 15.8. The van der Waals surface area contributed by atoms with E-state index in [0.29, 0.717) is 48.4 Å². The summed E-state index contributed by atoms with van der Waals surface area (Å²) in [5.41, 5.74) is 2.41. The van der Waals surface area contributed by atoms with Gasteiger partial charge < -0.3 is 20.3 Å². The maximum Gasteiger partial charge on any atom is 0.229 e. The molecule has 4 aromatic rings. The van der Waals surface area contributed by atoms with E-state index in [1.807, 2.05) is 54.6 Å². The van der Waals surface area contributed by atoms with Crippen molar-refractivity contribution < 1.29 is 5.11 Å². The van der Waals surface area contributed by atoms with Crippen molar-refractivity contribution >= 4 is 40.2 Å². The lowest BCUT2D eigenvalue weighted by atomic mass is 9.84. The van der Waals surface area contributed by atoms with Gasteiger partial charge in [0.05, 0.1) is 5.60 Å². The van der Waals surface area contributed by atoms with Crippen LogP contribution < -0.4 is 10.2 Å². The fourth-order valence-electron chi connectivity index (χ4n) is 4.19. The number of aliphatic hydroxyl groups is 1. The van der Waals surface area contributed by atoms with E-state index in [9.17, 15) is 5.11 Å². The van der Waals surface area contributed by atoms with E-state index >= 15 is 0 Å². The standard InChI is InChI=1S/C25H27ClN6O/c1-16(2)21-28-20-22(27-19-10-8-18(26)9-11-19)30-24(31-23(20)29-21)32-14-12-25(33,13-15-32)17-6-4-3-5-7-17/h3-11,16,33H,12-15H2,1-2H3,(H2,27,28,29,30,31). The average molecular weight is 463 g/mol. The summed E-state index contributed by atoms with van der Waals surface area (Å²) in [5, 5.41) is 15.3. The van der Waals surface area contributed by atoms with Gasteiger partial charge >= 0.3 is 0 Å². The molecule has 1 aliphatic heterocycles. The number of halogens is 1. The van der Waals surface area contributed by atoms with Crippen molar-refractivity contribution in [3.05, 3.63) is 71.0 Å². The Morgan fingerprint density at radius 1 is 1.00 bits per heavy atom. The maximum atomic E-state index is 11.2. The molecule has 3 N–H and O–H groups in total. The van der Waals surface area contributed by atoms with Gasteiger partial charge in [-0.2, -0.15) is 9.97 Å². The summed E-state index contributed by atoms with van der Waals surface area (Å²) >= 11 is 6.05. The first kappa shape index (κ1) is 21.7. The highest BCUT2D eigenvalue weighted by Gasteiger charge is 2.35. The van der Waals surface area contributed by atoms with E-state index in [2.05, 4.69) is 29.0 Å². The smallest absolute Gasteiger partial charge is 0.229 e. The van der Waals surface area contributed by atoms with Crippen molar-refractivity contribution in [3.63, 3.8) is 0 Å². The Kier molecular flexibility index (Phi) is 5.68. The summed E-state index contributed by atoms with van der Waals surface area (Å²) < 4.78 is 0. The van der Waals surface area contributed by atoms with Crippen molar-refractivity contribution in [2.75, 3.05) is 23.3 Å². The zero-order chi connectivity index (χ0) is 23.0. The van der Waals surface area contributed by atoms with E-state index in [-0.39, 0.29) is 5.92 Å². The Morgan fingerprint density at radius 2 is 1.70 bits per heavy atom. The molecule has 0 spiro atoms. The number of nitrogens with zero attached hydrogens (tertiary/aromatic N) is 4. The van der Waals surface area contributed by atoms with Crippen LogP contribution in [0.25, 0.3) is 11.2 Å². The number of imidazole rings is 1. The molecule has 0 bridgehead atoms. The largest absolute Gasteiger partial charge is 0.385 e. The molecule has 0 unspecified atom stereocenters. The number of fused-ring (bicyclic) bond motifs is 1. The Bertz CT molecular complexity index is 1250. The molecule has 33 heavy (non-hydrogen) atoms. The van der Waals surface area contributed by atoms with Crippen LogP contribution >= 0.6 is 11.6 Å². The van der Waals surface area contributed by atoms with Gasteiger partial charge in [-0.05, 0) is 42.7 Å². The SMILES string of the molecule is CC(C)c1nc2nc(N3CCC(O)(c4ccccc4)CC3)nc(Nc3ccc(Cl)cc3)c2[nH]1. The average Bonchev–Trinajstić information content (AvgIpc) is 3.27. The Labute approximate surface area is 197 Å². The van der Waals surface area contributed by atoms with Crippen molar-refractivity contribution in [1.29, 1.82) is 0 Å². The Hall–Kier alpha value is -3.16. The molecule has 1 saturated heterocycles.